The molecule has 1 aliphatic heterocycles. The van der Waals surface area contributed by atoms with Crippen LogP contribution in [0.2, 0.25) is 0 Å². The molecule has 1 heterocycles. The summed E-state index contributed by atoms with van der Waals surface area (Å²) < 4.78 is 14.9. The molecule has 0 bridgehead atoms. The van der Waals surface area contributed by atoms with Crippen molar-refractivity contribution in [1.82, 2.24) is 0 Å². The lowest BCUT2D eigenvalue weighted by atomic mass is 9.93. The second-order valence-electron chi connectivity index (χ2n) is 4.09. The average molecular weight is 287 g/mol. The van der Waals surface area contributed by atoms with E-state index in [0.29, 0.717) is 0 Å². The molecule has 0 amide bonds. The Balaban J connectivity index is 2.34. The summed E-state index contributed by atoms with van der Waals surface area (Å²) in [6.07, 6.45) is -2.70. The molecule has 0 spiro atoms. The molecule has 112 valence electrons. The van der Waals surface area contributed by atoms with Gasteiger partial charge in [-0.1, -0.05) is 5.16 Å². The zero-order valence-electron chi connectivity index (χ0n) is 11.4. The Labute approximate surface area is 118 Å². The Morgan fingerprint density at radius 3 is 2.75 bits per heavy atom. The van der Waals surface area contributed by atoms with Gasteiger partial charge in [-0.15, -0.1) is 0 Å². The summed E-state index contributed by atoms with van der Waals surface area (Å²) >= 11 is 0. The molecule has 0 saturated carbocycles. The van der Waals surface area contributed by atoms with E-state index in [2.05, 4.69) is 5.16 Å². The SMILES string of the molecule is [B][C@@H]1O[C@H](CO)C(O)C1OCO/N=C(/C)C(=O)OCC. The van der Waals surface area contributed by atoms with Gasteiger partial charge in [-0.2, -0.15) is 0 Å². The Morgan fingerprint density at radius 2 is 2.20 bits per heavy atom. The van der Waals surface area contributed by atoms with Gasteiger partial charge in [0.2, 0.25) is 6.79 Å². The molecule has 0 aromatic rings. The maximum Gasteiger partial charge on any atom is 0.355 e. The molecule has 0 aliphatic carbocycles. The molecule has 1 fully saturated rings. The van der Waals surface area contributed by atoms with Crippen LogP contribution >= 0.6 is 0 Å². The minimum absolute atomic E-state index is 0.0382. The van der Waals surface area contributed by atoms with E-state index >= 15 is 0 Å². The van der Waals surface area contributed by atoms with Gasteiger partial charge >= 0.3 is 5.97 Å². The Morgan fingerprint density at radius 1 is 1.50 bits per heavy atom. The third-order valence-corrected chi connectivity index (χ3v) is 2.64. The summed E-state index contributed by atoms with van der Waals surface area (Å²) in [6.45, 7) is 2.66. The minimum Gasteiger partial charge on any atom is -0.461 e. The normalized spacial score (nSPS) is 30.3. The van der Waals surface area contributed by atoms with Gasteiger partial charge in [-0.05, 0) is 13.8 Å². The van der Waals surface area contributed by atoms with Gasteiger partial charge in [0, 0.05) is 6.00 Å². The summed E-state index contributed by atoms with van der Waals surface area (Å²) in [6, 6.07) is -0.874. The molecule has 2 unspecified atom stereocenters. The van der Waals surface area contributed by atoms with Gasteiger partial charge in [0.25, 0.3) is 0 Å². The molecular formula is C11H18BNO7. The summed E-state index contributed by atoms with van der Waals surface area (Å²) in [5.74, 6) is -0.589. The zero-order chi connectivity index (χ0) is 15.1. The van der Waals surface area contributed by atoms with E-state index in [1.165, 1.54) is 6.92 Å². The molecule has 0 aromatic carbocycles. The van der Waals surface area contributed by atoms with Crippen LogP contribution in [-0.2, 0) is 23.8 Å². The largest absolute Gasteiger partial charge is 0.461 e. The molecule has 1 saturated heterocycles. The molecule has 8 nitrogen and oxygen atoms in total. The summed E-state index contributed by atoms with van der Waals surface area (Å²) in [5, 5.41) is 22.2. The van der Waals surface area contributed by atoms with E-state index < -0.39 is 30.3 Å². The monoisotopic (exact) mass is 287 g/mol. The van der Waals surface area contributed by atoms with Crippen LogP contribution in [0.15, 0.2) is 5.16 Å². The number of esters is 1. The highest BCUT2D eigenvalue weighted by Gasteiger charge is 2.41. The van der Waals surface area contributed by atoms with Crippen molar-refractivity contribution in [2.24, 2.45) is 5.16 Å². The first-order valence-corrected chi connectivity index (χ1v) is 6.16. The molecule has 4 atom stereocenters. The number of oxime groups is 1. The second-order valence-corrected chi connectivity index (χ2v) is 4.09. The van der Waals surface area contributed by atoms with Crippen molar-refractivity contribution in [1.29, 1.82) is 0 Å². The van der Waals surface area contributed by atoms with Crippen LogP contribution < -0.4 is 0 Å². The number of nitrogens with zero attached hydrogens (tertiary/aromatic N) is 1. The molecular weight excluding hydrogens is 269 g/mol. The number of hydrogen-bond donors (Lipinski definition) is 2. The van der Waals surface area contributed by atoms with Crippen molar-refractivity contribution < 1.29 is 34.1 Å². The van der Waals surface area contributed by atoms with Crippen molar-refractivity contribution in [2.45, 2.75) is 38.2 Å². The molecule has 9 heteroatoms. The number of ether oxygens (including phenoxy) is 3. The van der Waals surface area contributed by atoms with E-state index in [0.717, 1.165) is 0 Å². The van der Waals surface area contributed by atoms with Crippen LogP contribution in [-0.4, -0.2) is 74.1 Å². The predicted molar refractivity (Wildman–Crippen MR) is 68.1 cm³/mol. The smallest absolute Gasteiger partial charge is 0.355 e. The molecule has 2 radical (unpaired) electrons. The molecule has 20 heavy (non-hydrogen) atoms. The number of rotatable bonds is 7. The number of carbonyl (C=O) groups excluding carboxylic acids is 1. The van der Waals surface area contributed by atoms with Crippen LogP contribution in [0.1, 0.15) is 13.8 Å². The Kier molecular flexibility index (Phi) is 6.93. The lowest BCUT2D eigenvalue weighted by Crippen LogP contribution is -2.36. The van der Waals surface area contributed by atoms with Crippen LogP contribution in [0, 0.1) is 0 Å². The average Bonchev–Trinajstić information content (AvgIpc) is 2.70. The molecule has 1 rings (SSSR count). The molecule has 1 aliphatic rings. The number of carbonyl (C=O) groups is 1. The molecule has 0 aromatic heterocycles. The third-order valence-electron chi connectivity index (χ3n) is 2.64. The second kappa shape index (κ2) is 8.20. The lowest BCUT2D eigenvalue weighted by molar-refractivity contribution is -0.136. The van der Waals surface area contributed by atoms with Crippen LogP contribution in [0.5, 0.6) is 0 Å². The van der Waals surface area contributed by atoms with Crippen molar-refractivity contribution in [3.05, 3.63) is 0 Å². The maximum absolute atomic E-state index is 11.2. The van der Waals surface area contributed by atoms with Gasteiger partial charge in [0.1, 0.15) is 26.2 Å². The quantitative estimate of drug-likeness (QED) is 0.147. The highest BCUT2D eigenvalue weighted by Crippen LogP contribution is 2.21. The third kappa shape index (κ3) is 4.45. The standard InChI is InChI=1S/C11H18BNO7/c1-3-17-11(16)6(2)13-19-5-18-9-8(15)7(4-14)20-10(9)12/h7-10,14-15H,3-5H2,1-2H3/b13-6-/t7-,8?,9?,10-/m1/s1. The van der Waals surface area contributed by atoms with Crippen molar-refractivity contribution in [2.75, 3.05) is 20.0 Å². The highest BCUT2D eigenvalue weighted by atomic mass is 16.8. The van der Waals surface area contributed by atoms with Crippen LogP contribution in [0.4, 0.5) is 0 Å². The van der Waals surface area contributed by atoms with Crippen molar-refractivity contribution in [3.8, 4) is 0 Å². The zero-order valence-corrected chi connectivity index (χ0v) is 11.4. The van der Waals surface area contributed by atoms with E-state index in [1.54, 1.807) is 6.92 Å². The fourth-order valence-corrected chi connectivity index (χ4v) is 1.62. The Hall–Kier alpha value is -1.16. The molecule has 2 N–H and O–H groups in total. The van der Waals surface area contributed by atoms with Crippen molar-refractivity contribution in [3.63, 3.8) is 0 Å². The van der Waals surface area contributed by atoms with Crippen LogP contribution in [0.25, 0.3) is 0 Å². The fourth-order valence-electron chi connectivity index (χ4n) is 1.62. The van der Waals surface area contributed by atoms with Gasteiger partial charge in [-0.3, -0.25) is 0 Å². The topological polar surface area (TPSA) is 107 Å². The lowest BCUT2D eigenvalue weighted by Gasteiger charge is -2.17. The van der Waals surface area contributed by atoms with E-state index in [-0.39, 0.29) is 25.7 Å². The van der Waals surface area contributed by atoms with Gasteiger partial charge in [-0.25, -0.2) is 4.79 Å². The summed E-state index contributed by atoms with van der Waals surface area (Å²) in [4.78, 5) is 16.0. The number of aliphatic hydroxyl groups excluding tert-OH is 2. The van der Waals surface area contributed by atoms with Crippen LogP contribution in [0.3, 0.4) is 0 Å². The van der Waals surface area contributed by atoms with Gasteiger partial charge in [0.15, 0.2) is 5.71 Å². The Bertz CT molecular complexity index is 352. The van der Waals surface area contributed by atoms with Gasteiger partial charge < -0.3 is 29.3 Å². The van der Waals surface area contributed by atoms with Crippen molar-refractivity contribution >= 4 is 19.5 Å². The maximum atomic E-state index is 11.2. The van der Waals surface area contributed by atoms with E-state index in [4.69, 9.17) is 32.0 Å². The number of hydrogen-bond acceptors (Lipinski definition) is 8. The first-order chi connectivity index (χ1) is 9.51. The first-order valence-electron chi connectivity index (χ1n) is 6.16. The highest BCUT2D eigenvalue weighted by molar-refractivity contribution is 6.35. The van der Waals surface area contributed by atoms with E-state index in [1.807, 2.05) is 0 Å². The first kappa shape index (κ1) is 16.9. The van der Waals surface area contributed by atoms with Gasteiger partial charge in [0.05, 0.1) is 13.2 Å². The minimum atomic E-state index is -1.06. The predicted octanol–water partition coefficient (Wildman–Crippen LogP) is -1.47. The van der Waals surface area contributed by atoms with E-state index in [9.17, 15) is 9.90 Å². The number of aliphatic hydroxyl groups is 2. The summed E-state index contributed by atoms with van der Waals surface area (Å²) in [7, 11) is 5.58. The summed E-state index contributed by atoms with van der Waals surface area (Å²) in [5.41, 5.74) is 0.0382. The fraction of sp³-hybridized carbons (Fsp3) is 0.818.